The van der Waals surface area contributed by atoms with Crippen LogP contribution < -0.4 is 0 Å². The largest absolute Gasteiger partial charge is 0.419 e. The lowest BCUT2D eigenvalue weighted by Gasteiger charge is -2.26. The van der Waals surface area contributed by atoms with Crippen LogP contribution in [0.5, 0.6) is 0 Å². The van der Waals surface area contributed by atoms with Gasteiger partial charge in [0.05, 0.1) is 11.1 Å². The summed E-state index contributed by atoms with van der Waals surface area (Å²) in [5, 5.41) is -0.164. The number of carbonyl (C=O) groups excluding carboxylic acids is 1. The van der Waals surface area contributed by atoms with Crippen LogP contribution >= 0.6 is 0 Å². The molecule has 2 saturated heterocycles. The van der Waals surface area contributed by atoms with E-state index in [1.54, 1.807) is 0 Å². The normalized spacial score (nSPS) is 31.3. The SMILES string of the molecule is O=C(c1cccc(C(F)(F)F)c1F)C1CC2CCC(C1)S2=O. The first-order valence-corrected chi connectivity index (χ1v) is 8.36. The summed E-state index contributed by atoms with van der Waals surface area (Å²) in [4.78, 5) is 12.4. The van der Waals surface area contributed by atoms with Gasteiger partial charge in [-0.1, -0.05) is 6.07 Å². The maximum absolute atomic E-state index is 14.1. The van der Waals surface area contributed by atoms with E-state index in [0.717, 1.165) is 25.0 Å². The van der Waals surface area contributed by atoms with Gasteiger partial charge in [-0.15, -0.1) is 0 Å². The average Bonchev–Trinajstić information content (AvgIpc) is 2.67. The van der Waals surface area contributed by atoms with Gasteiger partial charge in [-0.05, 0) is 37.8 Å². The van der Waals surface area contributed by atoms with Crippen LogP contribution in [0, 0.1) is 11.7 Å². The van der Waals surface area contributed by atoms with Crippen LogP contribution in [-0.4, -0.2) is 20.5 Å². The molecule has 0 spiro atoms. The number of Topliss-reactive ketones (excluding diaryl/α,β-unsaturated/α-hetero) is 1. The molecule has 2 nitrogen and oxygen atoms in total. The van der Waals surface area contributed by atoms with Crippen molar-refractivity contribution in [3.63, 3.8) is 0 Å². The first-order valence-electron chi connectivity index (χ1n) is 7.08. The Morgan fingerprint density at radius 1 is 1.14 bits per heavy atom. The molecule has 2 heterocycles. The van der Waals surface area contributed by atoms with Gasteiger partial charge in [-0.25, -0.2) is 4.39 Å². The summed E-state index contributed by atoms with van der Waals surface area (Å²) >= 11 is 0. The van der Waals surface area contributed by atoms with E-state index in [1.165, 1.54) is 0 Å². The molecule has 0 amide bonds. The molecule has 0 aliphatic carbocycles. The van der Waals surface area contributed by atoms with Crippen molar-refractivity contribution in [1.82, 2.24) is 0 Å². The van der Waals surface area contributed by atoms with E-state index in [1.807, 2.05) is 0 Å². The molecular weight excluding hydrogens is 320 g/mol. The van der Waals surface area contributed by atoms with E-state index in [-0.39, 0.29) is 10.5 Å². The topological polar surface area (TPSA) is 34.1 Å². The van der Waals surface area contributed by atoms with Gasteiger partial charge in [0, 0.05) is 27.2 Å². The van der Waals surface area contributed by atoms with Gasteiger partial charge in [0.15, 0.2) is 5.78 Å². The Morgan fingerprint density at radius 3 is 2.27 bits per heavy atom. The minimum atomic E-state index is -4.83. The van der Waals surface area contributed by atoms with Gasteiger partial charge >= 0.3 is 6.18 Å². The van der Waals surface area contributed by atoms with E-state index >= 15 is 0 Å². The predicted octanol–water partition coefficient (Wildman–Crippen LogP) is 3.72. The lowest BCUT2D eigenvalue weighted by molar-refractivity contribution is -0.140. The molecule has 2 unspecified atom stereocenters. The van der Waals surface area contributed by atoms with Gasteiger partial charge in [0.2, 0.25) is 0 Å². The standard InChI is InChI=1S/C15H14F4O2S/c16-13-11(2-1-3-12(13)15(17,18)19)14(20)8-6-9-4-5-10(7-8)22(9)21/h1-3,8-10H,4-7H2. The van der Waals surface area contributed by atoms with Crippen LogP contribution in [0.2, 0.25) is 0 Å². The predicted molar refractivity (Wildman–Crippen MR) is 73.4 cm³/mol. The number of alkyl halides is 3. The molecule has 2 aliphatic heterocycles. The number of carbonyl (C=O) groups is 1. The van der Waals surface area contributed by atoms with E-state index in [9.17, 15) is 26.6 Å². The molecule has 2 atom stereocenters. The Hall–Kier alpha value is -1.24. The molecule has 22 heavy (non-hydrogen) atoms. The molecule has 2 fully saturated rings. The van der Waals surface area contributed by atoms with Crippen LogP contribution in [0.1, 0.15) is 41.6 Å². The van der Waals surface area contributed by atoms with Crippen molar-refractivity contribution in [1.29, 1.82) is 0 Å². The first-order chi connectivity index (χ1) is 10.3. The van der Waals surface area contributed by atoms with Gasteiger partial charge in [0.25, 0.3) is 0 Å². The lowest BCUT2D eigenvalue weighted by Crippen LogP contribution is -2.32. The van der Waals surface area contributed by atoms with Crippen molar-refractivity contribution in [2.24, 2.45) is 5.92 Å². The zero-order chi connectivity index (χ0) is 16.1. The van der Waals surface area contributed by atoms with Crippen molar-refractivity contribution < 1.29 is 26.6 Å². The van der Waals surface area contributed by atoms with Crippen LogP contribution in [0.15, 0.2) is 18.2 Å². The lowest BCUT2D eigenvalue weighted by atomic mass is 9.89. The molecular formula is C15H14F4O2S. The second-order valence-electron chi connectivity index (χ2n) is 5.85. The maximum atomic E-state index is 14.1. The highest BCUT2D eigenvalue weighted by atomic mass is 32.2. The fraction of sp³-hybridized carbons (Fsp3) is 0.533. The van der Waals surface area contributed by atoms with Gasteiger partial charge < -0.3 is 0 Å². The zero-order valence-corrected chi connectivity index (χ0v) is 12.3. The maximum Gasteiger partial charge on any atom is 0.419 e. The molecule has 0 saturated carbocycles. The highest BCUT2D eigenvalue weighted by molar-refractivity contribution is 7.86. The smallest absolute Gasteiger partial charge is 0.294 e. The summed E-state index contributed by atoms with van der Waals surface area (Å²) in [5.74, 6) is -2.63. The van der Waals surface area contributed by atoms with Gasteiger partial charge in [-0.3, -0.25) is 9.00 Å². The van der Waals surface area contributed by atoms with Crippen molar-refractivity contribution >= 4 is 16.6 Å². The highest BCUT2D eigenvalue weighted by Gasteiger charge is 2.44. The van der Waals surface area contributed by atoms with E-state index < -0.39 is 45.6 Å². The molecule has 3 rings (SSSR count). The van der Waals surface area contributed by atoms with Crippen LogP contribution in [0.3, 0.4) is 0 Å². The Balaban J connectivity index is 1.89. The molecule has 0 radical (unpaired) electrons. The third-order valence-electron chi connectivity index (χ3n) is 4.50. The summed E-state index contributed by atoms with van der Waals surface area (Å²) in [5.41, 5.74) is -1.92. The molecule has 0 N–H and O–H groups in total. The van der Waals surface area contributed by atoms with E-state index in [4.69, 9.17) is 0 Å². The fourth-order valence-electron chi connectivity index (χ4n) is 3.41. The molecule has 7 heteroatoms. The molecule has 1 aromatic rings. The van der Waals surface area contributed by atoms with Crippen molar-refractivity contribution in [3.8, 4) is 0 Å². The summed E-state index contributed by atoms with van der Waals surface area (Å²) in [6.45, 7) is 0. The number of rotatable bonds is 2. The zero-order valence-electron chi connectivity index (χ0n) is 11.5. The summed E-state index contributed by atoms with van der Waals surface area (Å²) in [6.07, 6.45) is -2.54. The Labute approximate surface area is 127 Å². The number of fused-ring (bicyclic) bond motifs is 2. The minimum absolute atomic E-state index is 0.0819. The highest BCUT2D eigenvalue weighted by Crippen LogP contribution is 2.40. The Kier molecular flexibility index (Phi) is 3.87. The summed E-state index contributed by atoms with van der Waals surface area (Å²) in [7, 11) is -0.962. The molecule has 0 aromatic heterocycles. The molecule has 120 valence electrons. The Bertz CT molecular complexity index is 625. The monoisotopic (exact) mass is 334 g/mol. The third-order valence-corrected chi connectivity index (χ3v) is 6.67. The average molecular weight is 334 g/mol. The number of ketones is 1. The van der Waals surface area contributed by atoms with E-state index in [0.29, 0.717) is 18.9 Å². The van der Waals surface area contributed by atoms with Crippen molar-refractivity contribution in [2.45, 2.75) is 42.4 Å². The van der Waals surface area contributed by atoms with Crippen molar-refractivity contribution in [2.75, 3.05) is 0 Å². The number of hydrogen-bond acceptors (Lipinski definition) is 2. The second-order valence-corrected chi connectivity index (χ2v) is 7.84. The van der Waals surface area contributed by atoms with E-state index in [2.05, 4.69) is 0 Å². The van der Waals surface area contributed by atoms with Gasteiger partial charge in [-0.2, -0.15) is 13.2 Å². The number of benzene rings is 1. The minimum Gasteiger partial charge on any atom is -0.294 e. The fourth-order valence-corrected chi connectivity index (χ4v) is 5.53. The second kappa shape index (κ2) is 5.44. The van der Waals surface area contributed by atoms with Crippen LogP contribution in [0.4, 0.5) is 17.6 Å². The summed E-state index contributed by atoms with van der Waals surface area (Å²) < 4.78 is 64.2. The van der Waals surface area contributed by atoms with Crippen LogP contribution in [0.25, 0.3) is 0 Å². The van der Waals surface area contributed by atoms with Crippen LogP contribution in [-0.2, 0) is 17.0 Å². The molecule has 1 aromatic carbocycles. The summed E-state index contributed by atoms with van der Waals surface area (Å²) in [6, 6.07) is 2.78. The van der Waals surface area contributed by atoms with Crippen molar-refractivity contribution in [3.05, 3.63) is 35.1 Å². The molecule has 2 bridgehead atoms. The Morgan fingerprint density at radius 2 is 1.73 bits per heavy atom. The quantitative estimate of drug-likeness (QED) is 0.610. The first kappa shape index (κ1) is 15.6. The number of hydrogen-bond donors (Lipinski definition) is 0. The van der Waals surface area contributed by atoms with Gasteiger partial charge in [0.1, 0.15) is 5.82 Å². The number of halogens is 4. The third kappa shape index (κ3) is 2.59. The molecule has 2 aliphatic rings.